The lowest BCUT2D eigenvalue weighted by atomic mass is 9.96. The maximum Gasteiger partial charge on any atom is 0.167 e. The minimum atomic E-state index is 0.239. The Morgan fingerprint density at radius 2 is 2.20 bits per heavy atom. The third kappa shape index (κ3) is 2.25. The Bertz CT molecular complexity index is 373. The molecular weight excluding hydrogens is 186 g/mol. The average Bonchev–Trinajstić information content (AvgIpc) is 2.64. The van der Waals surface area contributed by atoms with Crippen molar-refractivity contribution in [2.75, 3.05) is 0 Å². The average molecular weight is 203 g/mol. The fourth-order valence-electron chi connectivity index (χ4n) is 2.37. The fourth-order valence-corrected chi connectivity index (χ4v) is 2.37. The standard InChI is InChI=1S/C13H17NO/c1-9-3-4-11(5-9)13(15)12-6-10(2)7-14-8-12/h6-9,11H,3-5H2,1-2H3. The summed E-state index contributed by atoms with van der Waals surface area (Å²) in [6, 6.07) is 1.94. The molecule has 1 heterocycles. The van der Waals surface area contributed by atoms with Crippen LogP contribution >= 0.6 is 0 Å². The van der Waals surface area contributed by atoms with Crippen LogP contribution in [-0.2, 0) is 0 Å². The smallest absolute Gasteiger partial charge is 0.167 e. The molecule has 1 aliphatic carbocycles. The molecule has 0 aromatic carbocycles. The number of hydrogen-bond acceptors (Lipinski definition) is 2. The number of pyridine rings is 1. The highest BCUT2D eigenvalue weighted by Gasteiger charge is 2.28. The maximum atomic E-state index is 12.1. The second kappa shape index (κ2) is 4.13. The van der Waals surface area contributed by atoms with E-state index in [1.165, 1.54) is 6.42 Å². The van der Waals surface area contributed by atoms with E-state index in [9.17, 15) is 4.79 Å². The molecule has 1 aromatic heterocycles. The van der Waals surface area contributed by atoms with Gasteiger partial charge in [-0.05, 0) is 43.7 Å². The Hall–Kier alpha value is -1.18. The number of ketones is 1. The summed E-state index contributed by atoms with van der Waals surface area (Å²) in [5.41, 5.74) is 1.85. The van der Waals surface area contributed by atoms with Gasteiger partial charge >= 0.3 is 0 Å². The molecule has 2 unspecified atom stereocenters. The Labute approximate surface area is 90.7 Å². The molecule has 0 spiro atoms. The van der Waals surface area contributed by atoms with Crippen molar-refractivity contribution in [2.24, 2.45) is 11.8 Å². The molecule has 0 aliphatic heterocycles. The van der Waals surface area contributed by atoms with E-state index >= 15 is 0 Å². The van der Waals surface area contributed by atoms with Crippen molar-refractivity contribution >= 4 is 5.78 Å². The highest BCUT2D eigenvalue weighted by molar-refractivity contribution is 5.97. The van der Waals surface area contributed by atoms with E-state index in [-0.39, 0.29) is 11.7 Å². The summed E-state index contributed by atoms with van der Waals surface area (Å²) in [5.74, 6) is 1.23. The van der Waals surface area contributed by atoms with E-state index in [1.807, 2.05) is 13.0 Å². The van der Waals surface area contributed by atoms with Gasteiger partial charge in [-0.1, -0.05) is 6.92 Å². The van der Waals surface area contributed by atoms with Gasteiger partial charge in [-0.25, -0.2) is 0 Å². The first-order valence-corrected chi connectivity index (χ1v) is 5.62. The molecule has 0 radical (unpaired) electrons. The van der Waals surface area contributed by atoms with E-state index in [2.05, 4.69) is 11.9 Å². The Morgan fingerprint density at radius 1 is 1.40 bits per heavy atom. The van der Waals surface area contributed by atoms with Gasteiger partial charge in [-0.15, -0.1) is 0 Å². The zero-order chi connectivity index (χ0) is 10.8. The molecule has 15 heavy (non-hydrogen) atoms. The maximum absolute atomic E-state index is 12.1. The molecule has 0 N–H and O–H groups in total. The van der Waals surface area contributed by atoms with Crippen LogP contribution in [0.25, 0.3) is 0 Å². The van der Waals surface area contributed by atoms with Crippen molar-refractivity contribution in [1.82, 2.24) is 4.98 Å². The lowest BCUT2D eigenvalue weighted by molar-refractivity contribution is 0.0920. The van der Waals surface area contributed by atoms with E-state index in [1.54, 1.807) is 12.4 Å². The van der Waals surface area contributed by atoms with Crippen LogP contribution < -0.4 is 0 Å². The quantitative estimate of drug-likeness (QED) is 0.691. The molecule has 1 aromatic rings. The van der Waals surface area contributed by atoms with E-state index in [0.29, 0.717) is 5.92 Å². The van der Waals surface area contributed by atoms with Crippen LogP contribution in [0.1, 0.15) is 42.1 Å². The highest BCUT2D eigenvalue weighted by atomic mass is 16.1. The number of Topliss-reactive ketones (excluding diaryl/α,β-unsaturated/α-hetero) is 1. The van der Waals surface area contributed by atoms with Gasteiger partial charge in [0.1, 0.15) is 0 Å². The molecule has 2 nitrogen and oxygen atoms in total. The summed E-state index contributed by atoms with van der Waals surface area (Å²) in [5, 5.41) is 0. The summed E-state index contributed by atoms with van der Waals surface area (Å²) in [6.07, 6.45) is 6.77. The molecule has 2 rings (SSSR count). The first-order valence-electron chi connectivity index (χ1n) is 5.62. The van der Waals surface area contributed by atoms with Crippen molar-refractivity contribution in [2.45, 2.75) is 33.1 Å². The molecular formula is C13H17NO. The third-order valence-corrected chi connectivity index (χ3v) is 3.23. The topological polar surface area (TPSA) is 30.0 Å². The third-order valence-electron chi connectivity index (χ3n) is 3.23. The van der Waals surface area contributed by atoms with Gasteiger partial charge in [0.05, 0.1) is 0 Å². The monoisotopic (exact) mass is 203 g/mol. The van der Waals surface area contributed by atoms with Crippen LogP contribution in [-0.4, -0.2) is 10.8 Å². The van der Waals surface area contributed by atoms with Crippen molar-refractivity contribution < 1.29 is 4.79 Å². The van der Waals surface area contributed by atoms with Gasteiger partial charge in [-0.2, -0.15) is 0 Å². The SMILES string of the molecule is Cc1cncc(C(=O)C2CCC(C)C2)c1. The second-order valence-corrected chi connectivity index (χ2v) is 4.73. The molecule has 0 saturated heterocycles. The van der Waals surface area contributed by atoms with Crippen LogP contribution in [0.3, 0.4) is 0 Å². The zero-order valence-electron chi connectivity index (χ0n) is 9.36. The number of aromatic nitrogens is 1. The van der Waals surface area contributed by atoms with Gasteiger partial charge in [0.15, 0.2) is 5.78 Å². The zero-order valence-corrected chi connectivity index (χ0v) is 9.36. The van der Waals surface area contributed by atoms with Crippen molar-refractivity contribution in [1.29, 1.82) is 0 Å². The number of rotatable bonds is 2. The predicted molar refractivity (Wildman–Crippen MR) is 59.8 cm³/mol. The summed E-state index contributed by atoms with van der Waals surface area (Å²) >= 11 is 0. The number of nitrogens with zero attached hydrogens (tertiary/aromatic N) is 1. The number of carbonyl (C=O) groups excluding carboxylic acids is 1. The summed E-state index contributed by atoms with van der Waals surface area (Å²) in [7, 11) is 0. The minimum absolute atomic E-state index is 0.239. The molecule has 2 heteroatoms. The highest BCUT2D eigenvalue weighted by Crippen LogP contribution is 2.32. The molecule has 80 valence electrons. The second-order valence-electron chi connectivity index (χ2n) is 4.73. The largest absolute Gasteiger partial charge is 0.294 e. The molecule has 1 fully saturated rings. The summed E-state index contributed by atoms with van der Waals surface area (Å²) in [4.78, 5) is 16.2. The van der Waals surface area contributed by atoms with Crippen molar-refractivity contribution in [3.05, 3.63) is 29.6 Å². The summed E-state index contributed by atoms with van der Waals surface area (Å²) in [6.45, 7) is 4.20. The van der Waals surface area contributed by atoms with Crippen molar-refractivity contribution in [3.63, 3.8) is 0 Å². The van der Waals surface area contributed by atoms with Gasteiger partial charge in [0.2, 0.25) is 0 Å². The fraction of sp³-hybridized carbons (Fsp3) is 0.538. The molecule has 0 amide bonds. The predicted octanol–water partition coefficient (Wildman–Crippen LogP) is 3.01. The molecule has 2 atom stereocenters. The number of aryl methyl sites for hydroxylation is 1. The van der Waals surface area contributed by atoms with Crippen LogP contribution in [0.4, 0.5) is 0 Å². The first kappa shape index (κ1) is 10.3. The van der Waals surface area contributed by atoms with E-state index < -0.39 is 0 Å². The normalized spacial score (nSPS) is 25.5. The Balaban J connectivity index is 2.14. The lowest BCUT2D eigenvalue weighted by Gasteiger charge is -2.08. The number of hydrogen-bond donors (Lipinski definition) is 0. The van der Waals surface area contributed by atoms with Crippen LogP contribution in [0.15, 0.2) is 18.5 Å². The van der Waals surface area contributed by atoms with Gasteiger partial charge in [0, 0.05) is 23.9 Å². The van der Waals surface area contributed by atoms with E-state index in [0.717, 1.165) is 24.0 Å². The Kier molecular flexibility index (Phi) is 2.85. The van der Waals surface area contributed by atoms with Gasteiger partial charge in [-0.3, -0.25) is 9.78 Å². The van der Waals surface area contributed by atoms with E-state index in [4.69, 9.17) is 0 Å². The van der Waals surface area contributed by atoms with Gasteiger partial charge in [0.25, 0.3) is 0 Å². The molecule has 0 bridgehead atoms. The van der Waals surface area contributed by atoms with Crippen LogP contribution in [0.2, 0.25) is 0 Å². The first-order chi connectivity index (χ1) is 7.16. The minimum Gasteiger partial charge on any atom is -0.294 e. The lowest BCUT2D eigenvalue weighted by Crippen LogP contribution is -2.12. The van der Waals surface area contributed by atoms with Crippen LogP contribution in [0, 0.1) is 18.8 Å². The van der Waals surface area contributed by atoms with Crippen molar-refractivity contribution in [3.8, 4) is 0 Å². The number of carbonyl (C=O) groups is 1. The molecule has 1 saturated carbocycles. The summed E-state index contributed by atoms with van der Waals surface area (Å²) < 4.78 is 0. The van der Waals surface area contributed by atoms with Crippen LogP contribution in [0.5, 0.6) is 0 Å². The molecule has 1 aliphatic rings. The Morgan fingerprint density at radius 3 is 2.80 bits per heavy atom. The van der Waals surface area contributed by atoms with Gasteiger partial charge < -0.3 is 0 Å².